The van der Waals surface area contributed by atoms with Crippen LogP contribution in [0, 0.1) is 17.3 Å². The smallest absolute Gasteiger partial charge is 0.00160 e. The minimum absolute atomic E-state index is 0.524. The van der Waals surface area contributed by atoms with E-state index in [-0.39, 0.29) is 0 Å². The third-order valence-electron chi connectivity index (χ3n) is 2.52. The minimum atomic E-state index is 0.524. The van der Waals surface area contributed by atoms with Gasteiger partial charge in [-0.05, 0) is 41.6 Å². The third kappa shape index (κ3) is 10.6. The summed E-state index contributed by atoms with van der Waals surface area (Å²) in [5, 5.41) is 0. The zero-order chi connectivity index (χ0) is 11.9. The number of hydrogen-bond acceptors (Lipinski definition) is 1. The average molecular weight is 230 g/mol. The van der Waals surface area contributed by atoms with Crippen molar-refractivity contribution in [2.24, 2.45) is 17.3 Å². The van der Waals surface area contributed by atoms with Crippen LogP contribution in [0.5, 0.6) is 0 Å². The molecule has 0 spiro atoms. The molecule has 0 saturated heterocycles. The van der Waals surface area contributed by atoms with Crippen LogP contribution in [0.4, 0.5) is 0 Å². The summed E-state index contributed by atoms with van der Waals surface area (Å²) in [6.07, 6.45) is 4.13. The lowest BCUT2D eigenvalue weighted by atomic mass is 9.86. The maximum Gasteiger partial charge on any atom is -0.00160 e. The fourth-order valence-electron chi connectivity index (χ4n) is 2.11. The zero-order valence-electron chi connectivity index (χ0n) is 11.6. The van der Waals surface area contributed by atoms with Crippen molar-refractivity contribution in [1.82, 2.24) is 0 Å². The second kappa shape index (κ2) is 7.60. The van der Waals surface area contributed by atoms with Crippen LogP contribution in [-0.4, -0.2) is 11.5 Å². The van der Waals surface area contributed by atoms with Gasteiger partial charge in [0.05, 0.1) is 0 Å². The lowest BCUT2D eigenvalue weighted by Gasteiger charge is -2.26. The largest absolute Gasteiger partial charge is 0.161 e. The average Bonchev–Trinajstić information content (AvgIpc) is 1.99. The Labute approximate surface area is 102 Å². The van der Waals surface area contributed by atoms with Crippen LogP contribution < -0.4 is 0 Å². The Kier molecular flexibility index (Phi) is 7.77. The van der Waals surface area contributed by atoms with Crippen LogP contribution in [0.15, 0.2) is 0 Å². The first-order chi connectivity index (χ1) is 6.83. The molecule has 0 aromatic carbocycles. The van der Waals surface area contributed by atoms with Crippen LogP contribution >= 0.6 is 11.8 Å². The number of hydrogen-bond donors (Lipinski definition) is 0. The molecule has 0 aliphatic rings. The molecule has 1 heteroatoms. The van der Waals surface area contributed by atoms with Crippen molar-refractivity contribution in [2.45, 2.75) is 60.8 Å². The van der Waals surface area contributed by atoms with Gasteiger partial charge in [0, 0.05) is 0 Å². The van der Waals surface area contributed by atoms with Gasteiger partial charge in [-0.15, -0.1) is 0 Å². The molecule has 0 aromatic rings. The molecular formula is C14H30S. The molecule has 0 fully saturated rings. The molecule has 0 rings (SSSR count). The summed E-state index contributed by atoms with van der Waals surface area (Å²) < 4.78 is 0. The molecule has 0 N–H and O–H groups in total. The first-order valence-electron chi connectivity index (χ1n) is 6.41. The van der Waals surface area contributed by atoms with Crippen molar-refractivity contribution < 1.29 is 0 Å². The van der Waals surface area contributed by atoms with Crippen LogP contribution in [0.1, 0.15) is 60.8 Å². The van der Waals surface area contributed by atoms with Crippen molar-refractivity contribution in [3.05, 3.63) is 0 Å². The molecule has 0 saturated carbocycles. The van der Waals surface area contributed by atoms with Crippen molar-refractivity contribution >= 4 is 11.8 Å². The summed E-state index contributed by atoms with van der Waals surface area (Å²) in [5.41, 5.74) is 0.524. The standard InChI is InChI=1S/C14H30S/c1-12(2)8-7-9-15-11-14(5,6)10-13(3)4/h12-13H,7-11H2,1-6H3. The van der Waals surface area contributed by atoms with Gasteiger partial charge in [-0.3, -0.25) is 0 Å². The first-order valence-corrected chi connectivity index (χ1v) is 7.57. The van der Waals surface area contributed by atoms with Gasteiger partial charge in [0.1, 0.15) is 0 Å². The van der Waals surface area contributed by atoms with Crippen LogP contribution in [-0.2, 0) is 0 Å². The minimum Gasteiger partial charge on any atom is -0.161 e. The predicted octanol–water partition coefficient (Wildman–Crippen LogP) is 5.23. The van der Waals surface area contributed by atoms with Gasteiger partial charge in [0.2, 0.25) is 0 Å². The molecule has 0 bridgehead atoms. The van der Waals surface area contributed by atoms with E-state index in [1.54, 1.807) is 0 Å². The van der Waals surface area contributed by atoms with Gasteiger partial charge in [-0.25, -0.2) is 0 Å². The molecule has 0 atom stereocenters. The van der Waals surface area contributed by atoms with E-state index in [0.29, 0.717) is 5.41 Å². The Morgan fingerprint density at radius 1 is 1.00 bits per heavy atom. The Morgan fingerprint density at radius 3 is 2.07 bits per heavy atom. The first kappa shape index (κ1) is 15.3. The lowest BCUT2D eigenvalue weighted by Crippen LogP contribution is -2.17. The molecule has 15 heavy (non-hydrogen) atoms. The highest BCUT2D eigenvalue weighted by atomic mass is 32.2. The van der Waals surface area contributed by atoms with Crippen molar-refractivity contribution in [1.29, 1.82) is 0 Å². The molecule has 0 amide bonds. The van der Waals surface area contributed by atoms with Gasteiger partial charge < -0.3 is 0 Å². The highest BCUT2D eigenvalue weighted by Crippen LogP contribution is 2.29. The van der Waals surface area contributed by atoms with E-state index < -0.39 is 0 Å². The SMILES string of the molecule is CC(C)CCCSCC(C)(C)CC(C)C. The molecule has 0 heterocycles. The molecular weight excluding hydrogens is 200 g/mol. The van der Waals surface area contributed by atoms with Crippen LogP contribution in [0.25, 0.3) is 0 Å². The predicted molar refractivity (Wildman–Crippen MR) is 74.6 cm³/mol. The van der Waals surface area contributed by atoms with Crippen molar-refractivity contribution in [2.75, 3.05) is 11.5 Å². The normalized spacial score (nSPS) is 12.8. The van der Waals surface area contributed by atoms with Crippen LogP contribution in [0.3, 0.4) is 0 Å². The Hall–Kier alpha value is 0.350. The van der Waals surface area contributed by atoms with E-state index in [2.05, 4.69) is 53.3 Å². The summed E-state index contributed by atoms with van der Waals surface area (Å²) in [5.74, 6) is 4.37. The Bertz CT molecular complexity index is 147. The van der Waals surface area contributed by atoms with Crippen molar-refractivity contribution in [3.8, 4) is 0 Å². The van der Waals surface area contributed by atoms with E-state index in [1.165, 1.54) is 30.8 Å². The van der Waals surface area contributed by atoms with Gasteiger partial charge in [0.15, 0.2) is 0 Å². The third-order valence-corrected chi connectivity index (χ3v) is 4.09. The number of rotatable bonds is 8. The molecule has 92 valence electrons. The van der Waals surface area contributed by atoms with Crippen LogP contribution in [0.2, 0.25) is 0 Å². The Balaban J connectivity index is 3.48. The fraction of sp³-hybridized carbons (Fsp3) is 1.00. The Morgan fingerprint density at radius 2 is 1.60 bits per heavy atom. The summed E-state index contributed by atoms with van der Waals surface area (Å²) >= 11 is 2.14. The monoisotopic (exact) mass is 230 g/mol. The summed E-state index contributed by atoms with van der Waals surface area (Å²) in [6, 6.07) is 0. The second-order valence-corrected chi connectivity index (χ2v) is 7.46. The topological polar surface area (TPSA) is 0 Å². The molecule has 0 nitrogen and oxygen atoms in total. The quantitative estimate of drug-likeness (QED) is 0.515. The van der Waals surface area contributed by atoms with Crippen molar-refractivity contribution in [3.63, 3.8) is 0 Å². The molecule has 0 radical (unpaired) electrons. The molecule has 0 aliphatic heterocycles. The van der Waals surface area contributed by atoms with E-state index in [9.17, 15) is 0 Å². The van der Waals surface area contributed by atoms with E-state index in [0.717, 1.165) is 11.8 Å². The maximum atomic E-state index is 2.41. The van der Waals surface area contributed by atoms with E-state index in [4.69, 9.17) is 0 Å². The van der Waals surface area contributed by atoms with E-state index >= 15 is 0 Å². The number of thioether (sulfide) groups is 1. The fourth-order valence-corrected chi connectivity index (χ4v) is 3.29. The molecule has 0 unspecified atom stereocenters. The van der Waals surface area contributed by atoms with Gasteiger partial charge in [0.25, 0.3) is 0 Å². The summed E-state index contributed by atoms with van der Waals surface area (Å²) in [7, 11) is 0. The van der Waals surface area contributed by atoms with Gasteiger partial charge in [-0.2, -0.15) is 11.8 Å². The van der Waals surface area contributed by atoms with Gasteiger partial charge >= 0.3 is 0 Å². The summed E-state index contributed by atoms with van der Waals surface area (Å²) in [4.78, 5) is 0. The molecule has 0 aliphatic carbocycles. The molecule has 0 aromatic heterocycles. The lowest BCUT2D eigenvalue weighted by molar-refractivity contribution is 0.328. The highest BCUT2D eigenvalue weighted by Gasteiger charge is 2.18. The zero-order valence-corrected chi connectivity index (χ0v) is 12.4. The van der Waals surface area contributed by atoms with E-state index in [1.807, 2.05) is 0 Å². The summed E-state index contributed by atoms with van der Waals surface area (Å²) in [6.45, 7) is 14.1. The maximum absolute atomic E-state index is 2.41. The van der Waals surface area contributed by atoms with Gasteiger partial charge in [-0.1, -0.05) is 48.0 Å². The second-order valence-electron chi connectivity index (χ2n) is 6.35. The highest BCUT2D eigenvalue weighted by molar-refractivity contribution is 7.99.